The molecule has 1 fully saturated rings. The summed E-state index contributed by atoms with van der Waals surface area (Å²) in [5.41, 5.74) is 0. The van der Waals surface area contributed by atoms with Crippen molar-refractivity contribution in [1.82, 2.24) is 4.90 Å². The summed E-state index contributed by atoms with van der Waals surface area (Å²) >= 11 is 0. The van der Waals surface area contributed by atoms with Gasteiger partial charge in [-0.2, -0.15) is 0 Å². The van der Waals surface area contributed by atoms with E-state index in [9.17, 15) is 4.79 Å². The fourth-order valence-electron chi connectivity index (χ4n) is 1.93. The van der Waals surface area contributed by atoms with E-state index in [4.69, 9.17) is 5.11 Å². The van der Waals surface area contributed by atoms with E-state index >= 15 is 0 Å². The Labute approximate surface area is 79.7 Å². The van der Waals surface area contributed by atoms with Gasteiger partial charge in [-0.1, -0.05) is 0 Å². The smallest absolute Gasteiger partial charge is 0.303 e. The van der Waals surface area contributed by atoms with Crippen LogP contribution in [-0.2, 0) is 4.79 Å². The Hall–Kier alpha value is -0.570. The molecule has 3 nitrogen and oxygen atoms in total. The van der Waals surface area contributed by atoms with Crippen LogP contribution in [0.2, 0.25) is 0 Å². The molecule has 0 spiro atoms. The van der Waals surface area contributed by atoms with Crippen molar-refractivity contribution in [2.75, 3.05) is 20.1 Å². The average molecular weight is 185 g/mol. The van der Waals surface area contributed by atoms with Crippen molar-refractivity contribution in [2.45, 2.75) is 32.1 Å². The van der Waals surface area contributed by atoms with Crippen LogP contribution in [0.25, 0.3) is 0 Å². The summed E-state index contributed by atoms with van der Waals surface area (Å²) in [7, 11) is 2.14. The largest absolute Gasteiger partial charge is 0.481 e. The Morgan fingerprint density at radius 1 is 1.46 bits per heavy atom. The molecule has 76 valence electrons. The quantitative estimate of drug-likeness (QED) is 0.725. The fraction of sp³-hybridized carbons (Fsp3) is 0.900. The number of carboxylic acids is 1. The van der Waals surface area contributed by atoms with Gasteiger partial charge >= 0.3 is 5.97 Å². The molecule has 3 heteroatoms. The normalized spacial score (nSPS) is 25.5. The molecule has 0 aliphatic carbocycles. The first-order chi connectivity index (χ1) is 6.18. The second-order valence-electron chi connectivity index (χ2n) is 4.03. The molecule has 1 rings (SSSR count). The Balaban J connectivity index is 2.22. The number of nitrogens with zero attached hydrogens (tertiary/aromatic N) is 1. The van der Waals surface area contributed by atoms with Crippen LogP contribution in [0.4, 0.5) is 0 Å². The first kappa shape index (κ1) is 10.5. The van der Waals surface area contributed by atoms with E-state index in [0.717, 1.165) is 13.0 Å². The first-order valence-corrected chi connectivity index (χ1v) is 5.09. The number of hydrogen-bond donors (Lipinski definition) is 1. The van der Waals surface area contributed by atoms with E-state index in [-0.39, 0.29) is 0 Å². The number of rotatable bonds is 3. The number of carboxylic acid groups (broad SMARTS) is 1. The maximum atomic E-state index is 10.4. The predicted molar refractivity (Wildman–Crippen MR) is 51.7 cm³/mol. The third-order valence-electron chi connectivity index (χ3n) is 2.84. The van der Waals surface area contributed by atoms with Gasteiger partial charge in [0.1, 0.15) is 0 Å². The zero-order valence-corrected chi connectivity index (χ0v) is 8.33. The lowest BCUT2D eigenvalue weighted by molar-refractivity contribution is -0.137. The molecule has 1 atom stereocenters. The van der Waals surface area contributed by atoms with Gasteiger partial charge in [0.2, 0.25) is 0 Å². The van der Waals surface area contributed by atoms with E-state index in [1.165, 1.54) is 25.8 Å². The van der Waals surface area contributed by atoms with Crippen molar-refractivity contribution < 1.29 is 9.90 Å². The molecule has 0 saturated carbocycles. The summed E-state index contributed by atoms with van der Waals surface area (Å²) in [5, 5.41) is 8.56. The van der Waals surface area contributed by atoms with Crippen molar-refractivity contribution in [2.24, 2.45) is 5.92 Å². The zero-order chi connectivity index (χ0) is 9.68. The summed E-state index contributed by atoms with van der Waals surface area (Å²) in [6, 6.07) is 0. The van der Waals surface area contributed by atoms with Crippen LogP contribution in [-0.4, -0.2) is 36.1 Å². The molecule has 0 aromatic carbocycles. The fourth-order valence-corrected chi connectivity index (χ4v) is 1.93. The lowest BCUT2D eigenvalue weighted by atomic mass is 9.95. The minimum Gasteiger partial charge on any atom is -0.481 e. The van der Waals surface area contributed by atoms with Crippen LogP contribution < -0.4 is 0 Å². The number of carbonyl (C=O) groups is 1. The van der Waals surface area contributed by atoms with Crippen LogP contribution in [0, 0.1) is 5.92 Å². The number of likely N-dealkylation sites (tertiary alicyclic amines) is 1. The summed E-state index contributed by atoms with van der Waals surface area (Å²) in [5.74, 6) is -0.0151. The lowest BCUT2D eigenvalue weighted by Gasteiger charge is -2.13. The molecule has 1 saturated heterocycles. The van der Waals surface area contributed by atoms with Crippen molar-refractivity contribution in [3.63, 3.8) is 0 Å². The second-order valence-corrected chi connectivity index (χ2v) is 4.03. The highest BCUT2D eigenvalue weighted by molar-refractivity contribution is 5.66. The molecule has 0 aromatic heterocycles. The van der Waals surface area contributed by atoms with E-state index < -0.39 is 5.97 Å². The minimum absolute atomic E-state index is 0.342. The Bertz CT molecular complexity index is 170. The molecule has 1 unspecified atom stereocenters. The van der Waals surface area contributed by atoms with Gasteiger partial charge < -0.3 is 10.0 Å². The Morgan fingerprint density at radius 3 is 2.92 bits per heavy atom. The predicted octanol–water partition coefficient (Wildman–Crippen LogP) is 1.58. The monoisotopic (exact) mass is 185 g/mol. The highest BCUT2D eigenvalue weighted by Crippen LogP contribution is 2.21. The van der Waals surface area contributed by atoms with E-state index in [2.05, 4.69) is 11.9 Å². The van der Waals surface area contributed by atoms with Gasteiger partial charge in [0.25, 0.3) is 0 Å². The van der Waals surface area contributed by atoms with Crippen LogP contribution in [0.3, 0.4) is 0 Å². The number of aliphatic carboxylic acids is 1. The number of hydrogen-bond acceptors (Lipinski definition) is 2. The van der Waals surface area contributed by atoms with Crippen LogP contribution in [0.15, 0.2) is 0 Å². The van der Waals surface area contributed by atoms with Crippen LogP contribution in [0.5, 0.6) is 0 Å². The van der Waals surface area contributed by atoms with Crippen molar-refractivity contribution in [3.8, 4) is 0 Å². The standard InChI is InChI=1S/C10H19NO2/c1-11-7-2-3-9(6-8-11)4-5-10(12)13/h9H,2-8H2,1H3,(H,12,13). The summed E-state index contributed by atoms with van der Waals surface area (Å²) in [6.07, 6.45) is 4.81. The average Bonchev–Trinajstić information content (AvgIpc) is 2.27. The van der Waals surface area contributed by atoms with Gasteiger partial charge in [0, 0.05) is 6.42 Å². The van der Waals surface area contributed by atoms with E-state index in [1.54, 1.807) is 0 Å². The maximum absolute atomic E-state index is 10.4. The summed E-state index contributed by atoms with van der Waals surface area (Å²) in [4.78, 5) is 12.7. The Morgan fingerprint density at radius 2 is 2.23 bits per heavy atom. The van der Waals surface area contributed by atoms with Crippen molar-refractivity contribution >= 4 is 5.97 Å². The molecule has 1 aliphatic heterocycles. The first-order valence-electron chi connectivity index (χ1n) is 5.09. The van der Waals surface area contributed by atoms with Gasteiger partial charge in [-0.15, -0.1) is 0 Å². The molecule has 0 amide bonds. The third kappa shape index (κ3) is 4.27. The molecular formula is C10H19NO2. The lowest BCUT2D eigenvalue weighted by Crippen LogP contribution is -2.18. The topological polar surface area (TPSA) is 40.5 Å². The molecule has 1 N–H and O–H groups in total. The molecule has 1 aliphatic rings. The molecule has 0 bridgehead atoms. The van der Waals surface area contributed by atoms with Crippen molar-refractivity contribution in [1.29, 1.82) is 0 Å². The maximum Gasteiger partial charge on any atom is 0.303 e. The molecule has 0 radical (unpaired) electrons. The highest BCUT2D eigenvalue weighted by Gasteiger charge is 2.15. The minimum atomic E-state index is -0.655. The summed E-state index contributed by atoms with van der Waals surface area (Å²) < 4.78 is 0. The molecule has 13 heavy (non-hydrogen) atoms. The SMILES string of the molecule is CN1CCCC(CCC(=O)O)CC1. The van der Waals surface area contributed by atoms with Gasteiger partial charge in [0.15, 0.2) is 0 Å². The van der Waals surface area contributed by atoms with Crippen molar-refractivity contribution in [3.05, 3.63) is 0 Å². The van der Waals surface area contributed by atoms with E-state index in [1.807, 2.05) is 0 Å². The second kappa shape index (κ2) is 5.22. The zero-order valence-electron chi connectivity index (χ0n) is 8.33. The van der Waals surface area contributed by atoms with Crippen LogP contribution >= 0.6 is 0 Å². The van der Waals surface area contributed by atoms with Gasteiger partial charge in [-0.05, 0) is 51.7 Å². The van der Waals surface area contributed by atoms with E-state index in [0.29, 0.717) is 12.3 Å². The van der Waals surface area contributed by atoms with Gasteiger partial charge in [0.05, 0.1) is 0 Å². The third-order valence-corrected chi connectivity index (χ3v) is 2.84. The van der Waals surface area contributed by atoms with Gasteiger partial charge in [-0.25, -0.2) is 0 Å². The Kier molecular flexibility index (Phi) is 4.22. The van der Waals surface area contributed by atoms with Crippen LogP contribution in [0.1, 0.15) is 32.1 Å². The highest BCUT2D eigenvalue weighted by atomic mass is 16.4. The molecular weight excluding hydrogens is 166 g/mol. The molecule has 1 heterocycles. The summed E-state index contributed by atoms with van der Waals surface area (Å²) in [6.45, 7) is 2.30. The van der Waals surface area contributed by atoms with Gasteiger partial charge in [-0.3, -0.25) is 4.79 Å². The molecule has 0 aromatic rings.